The molecule has 2 aliphatic heterocycles. The number of piperidine rings is 1. The highest BCUT2D eigenvalue weighted by Gasteiger charge is 2.42. The molecule has 0 bridgehead atoms. The highest BCUT2D eigenvalue weighted by Crippen LogP contribution is 2.40. The van der Waals surface area contributed by atoms with Gasteiger partial charge in [0.05, 0.1) is 23.9 Å². The third kappa shape index (κ3) is 5.69. The number of carbonyl (C=O) groups excluding carboxylic acids is 1. The highest BCUT2D eigenvalue weighted by molar-refractivity contribution is 6.04. The average Bonchev–Trinajstić information content (AvgIpc) is 2.93. The maximum atomic E-state index is 12.3. The number of benzene rings is 1. The Balaban J connectivity index is 1.14. The number of oxime groups is 1. The fourth-order valence-electron chi connectivity index (χ4n) is 4.82. The van der Waals surface area contributed by atoms with Crippen LogP contribution in [0.25, 0.3) is 0 Å². The number of amides is 1. The molecule has 0 aliphatic carbocycles. The number of fused-ring (bicyclic) bond motifs is 1. The van der Waals surface area contributed by atoms with Gasteiger partial charge in [0.1, 0.15) is 18.5 Å². The zero-order valence-corrected chi connectivity index (χ0v) is 20.7. The van der Waals surface area contributed by atoms with Crippen LogP contribution in [0, 0.1) is 0 Å². The van der Waals surface area contributed by atoms with Crippen molar-refractivity contribution in [1.82, 2.24) is 20.5 Å². The summed E-state index contributed by atoms with van der Waals surface area (Å²) in [5.41, 5.74) is 2.79. The van der Waals surface area contributed by atoms with E-state index in [1.165, 1.54) is 0 Å². The van der Waals surface area contributed by atoms with Crippen molar-refractivity contribution in [2.75, 3.05) is 31.6 Å². The standard InChI is InChI=1S/C27H30N6O4/c1-36-32-22-16-27(37-24-7-3-2-6-21(22)24)10-13-33(14-11-27)25-9-8-20(30-31-25)15-26(35)29-18-23(34)19-5-4-12-28-17-19/h2-9,12,17,23,34H,10-11,13-16,18H2,1H3,(H,29,35). The van der Waals surface area contributed by atoms with E-state index in [0.29, 0.717) is 17.7 Å². The first-order valence-electron chi connectivity index (χ1n) is 12.4. The van der Waals surface area contributed by atoms with Gasteiger partial charge in [-0.05, 0) is 30.3 Å². The lowest BCUT2D eigenvalue weighted by molar-refractivity contribution is -0.121. The summed E-state index contributed by atoms with van der Waals surface area (Å²) < 4.78 is 6.49. The molecule has 1 atom stereocenters. The number of nitrogens with one attached hydrogen (secondary N) is 1. The first-order valence-corrected chi connectivity index (χ1v) is 12.4. The molecule has 1 saturated heterocycles. The summed E-state index contributed by atoms with van der Waals surface area (Å²) in [6.07, 6.45) is 4.81. The van der Waals surface area contributed by atoms with Crippen molar-refractivity contribution in [2.45, 2.75) is 37.4 Å². The summed E-state index contributed by atoms with van der Waals surface area (Å²) in [5.74, 6) is 1.38. The second-order valence-corrected chi connectivity index (χ2v) is 9.33. The fraction of sp³-hybridized carbons (Fsp3) is 0.370. The van der Waals surface area contributed by atoms with E-state index in [4.69, 9.17) is 9.57 Å². The van der Waals surface area contributed by atoms with Crippen molar-refractivity contribution < 1.29 is 19.5 Å². The lowest BCUT2D eigenvalue weighted by Crippen LogP contribution is -2.51. The van der Waals surface area contributed by atoms with E-state index in [-0.39, 0.29) is 24.5 Å². The first-order chi connectivity index (χ1) is 18.0. The van der Waals surface area contributed by atoms with Crippen LogP contribution in [0.15, 0.2) is 66.1 Å². The third-order valence-corrected chi connectivity index (χ3v) is 6.82. The largest absolute Gasteiger partial charge is 0.486 e. The number of nitrogens with zero attached hydrogens (tertiary/aromatic N) is 5. The zero-order valence-electron chi connectivity index (χ0n) is 20.7. The van der Waals surface area contributed by atoms with Gasteiger partial charge in [-0.3, -0.25) is 9.78 Å². The van der Waals surface area contributed by atoms with E-state index < -0.39 is 6.10 Å². The molecule has 1 aromatic carbocycles. The van der Waals surface area contributed by atoms with E-state index in [0.717, 1.165) is 48.8 Å². The van der Waals surface area contributed by atoms with Crippen molar-refractivity contribution >= 4 is 17.4 Å². The minimum absolute atomic E-state index is 0.0883. The van der Waals surface area contributed by atoms with Gasteiger partial charge < -0.3 is 24.9 Å². The average molecular weight is 503 g/mol. The van der Waals surface area contributed by atoms with Gasteiger partial charge in [-0.25, -0.2) is 0 Å². The maximum Gasteiger partial charge on any atom is 0.226 e. The Morgan fingerprint density at radius 1 is 1.19 bits per heavy atom. The predicted molar refractivity (Wildman–Crippen MR) is 137 cm³/mol. The van der Waals surface area contributed by atoms with Gasteiger partial charge in [-0.2, -0.15) is 5.10 Å². The second kappa shape index (κ2) is 10.9. The Morgan fingerprint density at radius 3 is 2.76 bits per heavy atom. The topological polar surface area (TPSA) is 122 Å². The first kappa shape index (κ1) is 24.6. The van der Waals surface area contributed by atoms with Crippen LogP contribution in [0.1, 0.15) is 42.2 Å². The van der Waals surface area contributed by atoms with Gasteiger partial charge >= 0.3 is 0 Å². The Bertz CT molecular complexity index is 1240. The SMILES string of the molecule is CON=C1CC2(CCN(c3ccc(CC(=O)NCC(O)c4cccnc4)nn3)CC2)Oc2ccccc21. The molecule has 2 aliphatic rings. The summed E-state index contributed by atoms with van der Waals surface area (Å²) in [4.78, 5) is 23.6. The number of aromatic nitrogens is 3. The van der Waals surface area contributed by atoms with Crippen LogP contribution in [0.3, 0.4) is 0 Å². The molecule has 1 amide bonds. The molecule has 3 aromatic rings. The molecule has 2 N–H and O–H groups in total. The number of rotatable bonds is 7. The van der Waals surface area contributed by atoms with Gasteiger partial charge in [0.25, 0.3) is 0 Å². The van der Waals surface area contributed by atoms with Crippen LogP contribution >= 0.6 is 0 Å². The number of pyridine rings is 1. The molecule has 37 heavy (non-hydrogen) atoms. The van der Waals surface area contributed by atoms with E-state index in [1.54, 1.807) is 31.6 Å². The van der Waals surface area contributed by atoms with E-state index >= 15 is 0 Å². The maximum absolute atomic E-state index is 12.3. The van der Waals surface area contributed by atoms with Crippen LogP contribution < -0.4 is 15.0 Å². The molecule has 1 spiro atoms. The molecule has 0 saturated carbocycles. The number of ether oxygens (including phenoxy) is 1. The minimum atomic E-state index is -0.813. The van der Waals surface area contributed by atoms with E-state index in [1.807, 2.05) is 36.4 Å². The van der Waals surface area contributed by atoms with Crippen molar-refractivity contribution in [2.24, 2.45) is 5.16 Å². The van der Waals surface area contributed by atoms with Crippen LogP contribution in [0.2, 0.25) is 0 Å². The smallest absolute Gasteiger partial charge is 0.226 e. The summed E-state index contributed by atoms with van der Waals surface area (Å²) in [6.45, 7) is 1.64. The van der Waals surface area contributed by atoms with Crippen LogP contribution in [-0.4, -0.2) is 64.3 Å². The van der Waals surface area contributed by atoms with E-state index in [2.05, 4.69) is 30.6 Å². The number of aliphatic hydroxyl groups is 1. The Morgan fingerprint density at radius 2 is 2.03 bits per heavy atom. The van der Waals surface area contributed by atoms with Crippen molar-refractivity contribution in [3.63, 3.8) is 0 Å². The number of anilines is 1. The Hall–Kier alpha value is -4.05. The fourth-order valence-corrected chi connectivity index (χ4v) is 4.82. The molecule has 0 radical (unpaired) electrons. The van der Waals surface area contributed by atoms with Crippen LogP contribution in [0.4, 0.5) is 5.82 Å². The monoisotopic (exact) mass is 502 g/mol. The summed E-state index contributed by atoms with van der Waals surface area (Å²) in [7, 11) is 1.57. The van der Waals surface area contributed by atoms with Crippen molar-refractivity contribution in [3.8, 4) is 5.75 Å². The molecule has 10 nitrogen and oxygen atoms in total. The van der Waals surface area contributed by atoms with Gasteiger partial charge in [0.15, 0.2) is 5.82 Å². The second-order valence-electron chi connectivity index (χ2n) is 9.33. The molecule has 4 heterocycles. The quantitative estimate of drug-likeness (QED) is 0.473. The van der Waals surface area contributed by atoms with Gasteiger partial charge in [-0.15, -0.1) is 5.10 Å². The minimum Gasteiger partial charge on any atom is -0.486 e. The van der Waals surface area contributed by atoms with Crippen molar-refractivity contribution in [1.29, 1.82) is 0 Å². The Kier molecular flexibility index (Phi) is 7.27. The van der Waals surface area contributed by atoms with Gasteiger partial charge in [0.2, 0.25) is 5.91 Å². The molecule has 1 unspecified atom stereocenters. The van der Waals surface area contributed by atoms with Crippen molar-refractivity contribution in [3.05, 3.63) is 77.7 Å². The van der Waals surface area contributed by atoms with Crippen LogP contribution in [0.5, 0.6) is 5.75 Å². The zero-order chi connectivity index (χ0) is 25.7. The number of carbonyl (C=O) groups is 1. The summed E-state index contributed by atoms with van der Waals surface area (Å²) in [6, 6.07) is 15.2. The molecular weight excluding hydrogens is 472 g/mol. The molecule has 10 heteroatoms. The third-order valence-electron chi connectivity index (χ3n) is 6.82. The molecule has 2 aromatic heterocycles. The molecule has 1 fully saturated rings. The predicted octanol–water partition coefficient (Wildman–Crippen LogP) is 2.44. The summed E-state index contributed by atoms with van der Waals surface area (Å²) in [5, 5.41) is 25.8. The normalized spacial score (nSPS) is 18.1. The van der Waals surface area contributed by atoms with E-state index in [9.17, 15) is 9.90 Å². The summed E-state index contributed by atoms with van der Waals surface area (Å²) >= 11 is 0. The van der Waals surface area contributed by atoms with Gasteiger partial charge in [0, 0.05) is 62.4 Å². The number of aliphatic hydroxyl groups excluding tert-OH is 1. The van der Waals surface area contributed by atoms with Gasteiger partial charge in [-0.1, -0.05) is 23.4 Å². The molecule has 5 rings (SSSR count). The van der Waals surface area contributed by atoms with Crippen LogP contribution in [-0.2, 0) is 16.1 Å². The number of hydrogen-bond donors (Lipinski definition) is 2. The highest BCUT2D eigenvalue weighted by atomic mass is 16.6. The molecule has 192 valence electrons. The lowest BCUT2D eigenvalue weighted by atomic mass is 9.82. The number of para-hydroxylation sites is 1. The Labute approximate surface area is 215 Å². The number of hydrogen-bond acceptors (Lipinski definition) is 9. The lowest BCUT2D eigenvalue weighted by Gasteiger charge is -2.44. The molecular formula is C27H30N6O4.